The topological polar surface area (TPSA) is 86.7 Å². The number of nitrogens with one attached hydrogen (secondary N) is 1. The number of benzene rings is 1. The number of thiophene rings is 1. The van der Waals surface area contributed by atoms with Crippen LogP contribution in [0.15, 0.2) is 34.5 Å². The lowest BCUT2D eigenvalue weighted by Crippen LogP contribution is -2.38. The van der Waals surface area contributed by atoms with Crippen LogP contribution in [0.5, 0.6) is 0 Å². The fourth-order valence-corrected chi connectivity index (χ4v) is 5.59. The molecule has 0 spiro atoms. The summed E-state index contributed by atoms with van der Waals surface area (Å²) in [6, 6.07) is 6.91. The van der Waals surface area contributed by atoms with E-state index in [2.05, 4.69) is 4.72 Å². The minimum absolute atomic E-state index is 0.104. The van der Waals surface area contributed by atoms with E-state index in [0.29, 0.717) is 30.7 Å². The van der Waals surface area contributed by atoms with Crippen molar-refractivity contribution in [2.75, 3.05) is 18.0 Å². The average Bonchev–Trinajstić information content (AvgIpc) is 3.27. The van der Waals surface area contributed by atoms with Crippen LogP contribution in [0.4, 0.5) is 5.69 Å². The van der Waals surface area contributed by atoms with E-state index in [4.69, 9.17) is 0 Å². The van der Waals surface area contributed by atoms with Gasteiger partial charge in [-0.05, 0) is 54.5 Å². The number of aliphatic hydroxyl groups is 1. The fraction of sp³-hybridized carbons (Fsp3) is 0.389. The second kappa shape index (κ2) is 6.16. The first-order chi connectivity index (χ1) is 12.3. The van der Waals surface area contributed by atoms with E-state index in [9.17, 15) is 18.3 Å². The van der Waals surface area contributed by atoms with Crippen molar-refractivity contribution in [3.63, 3.8) is 0 Å². The van der Waals surface area contributed by atoms with Gasteiger partial charge in [0.2, 0.25) is 15.9 Å². The number of rotatable bonds is 5. The molecule has 2 N–H and O–H groups in total. The van der Waals surface area contributed by atoms with Gasteiger partial charge in [-0.15, -0.1) is 11.3 Å². The van der Waals surface area contributed by atoms with Gasteiger partial charge in [-0.1, -0.05) is 6.07 Å². The van der Waals surface area contributed by atoms with Gasteiger partial charge in [-0.3, -0.25) is 4.79 Å². The van der Waals surface area contributed by atoms with Gasteiger partial charge in [-0.2, -0.15) is 0 Å². The predicted molar refractivity (Wildman–Crippen MR) is 99.9 cm³/mol. The summed E-state index contributed by atoms with van der Waals surface area (Å²) in [5.74, 6) is 0.108. The molecule has 1 amide bonds. The van der Waals surface area contributed by atoms with Gasteiger partial charge in [0.05, 0.1) is 10.6 Å². The molecule has 0 saturated carbocycles. The van der Waals surface area contributed by atoms with E-state index in [0.717, 1.165) is 16.8 Å². The quantitative estimate of drug-likeness (QED) is 0.812. The number of carbonyl (C=O) groups is 1. The molecule has 0 radical (unpaired) electrons. The Morgan fingerprint density at radius 1 is 1.27 bits per heavy atom. The van der Waals surface area contributed by atoms with E-state index in [1.54, 1.807) is 30.0 Å². The number of sulfonamides is 1. The lowest BCUT2D eigenvalue weighted by atomic mass is 10.00. The van der Waals surface area contributed by atoms with Crippen LogP contribution < -0.4 is 9.62 Å². The third kappa shape index (κ3) is 2.96. The summed E-state index contributed by atoms with van der Waals surface area (Å²) in [5.41, 5.74) is 1.44. The van der Waals surface area contributed by atoms with Crippen LogP contribution in [0.1, 0.15) is 29.3 Å². The van der Waals surface area contributed by atoms with E-state index in [1.165, 1.54) is 11.3 Å². The molecule has 2 aliphatic rings. The van der Waals surface area contributed by atoms with Gasteiger partial charge in [-0.25, -0.2) is 13.1 Å². The van der Waals surface area contributed by atoms with E-state index >= 15 is 0 Å². The molecule has 138 valence electrons. The van der Waals surface area contributed by atoms with E-state index in [1.807, 2.05) is 11.4 Å². The molecule has 0 saturated heterocycles. The molecule has 0 aliphatic carbocycles. The maximum absolute atomic E-state index is 12.8. The first kappa shape index (κ1) is 17.7. The van der Waals surface area contributed by atoms with Crippen molar-refractivity contribution < 1.29 is 18.3 Å². The number of aryl methyl sites for hydroxylation is 1. The van der Waals surface area contributed by atoms with Crippen molar-refractivity contribution in [1.29, 1.82) is 0 Å². The number of amides is 1. The summed E-state index contributed by atoms with van der Waals surface area (Å²) in [7, 11) is -3.75. The van der Waals surface area contributed by atoms with Crippen LogP contribution in [-0.4, -0.2) is 32.5 Å². The third-order valence-corrected chi connectivity index (χ3v) is 7.50. The van der Waals surface area contributed by atoms with Gasteiger partial charge >= 0.3 is 0 Å². The lowest BCUT2D eigenvalue weighted by Gasteiger charge is -2.26. The molecule has 0 bridgehead atoms. The molecule has 8 heteroatoms. The molecule has 0 fully saturated rings. The van der Waals surface area contributed by atoms with Crippen molar-refractivity contribution in [3.8, 4) is 0 Å². The summed E-state index contributed by atoms with van der Waals surface area (Å²) in [5, 5.41) is 12.4. The number of nitrogens with zero attached hydrogens (tertiary/aromatic N) is 1. The molecule has 26 heavy (non-hydrogen) atoms. The first-order valence-corrected chi connectivity index (χ1v) is 10.9. The summed E-state index contributed by atoms with van der Waals surface area (Å²) in [4.78, 5) is 14.7. The first-order valence-electron chi connectivity index (χ1n) is 8.50. The zero-order valence-corrected chi connectivity index (χ0v) is 16.0. The zero-order valence-electron chi connectivity index (χ0n) is 14.4. The predicted octanol–water partition coefficient (Wildman–Crippen LogP) is 1.77. The second-order valence-corrected chi connectivity index (χ2v) is 9.68. The Bertz CT molecular complexity index is 965. The van der Waals surface area contributed by atoms with Crippen LogP contribution in [-0.2, 0) is 33.3 Å². The molecule has 1 aromatic carbocycles. The Balaban J connectivity index is 1.60. The van der Waals surface area contributed by atoms with E-state index in [-0.39, 0.29) is 17.3 Å². The molecule has 1 unspecified atom stereocenters. The van der Waals surface area contributed by atoms with Gasteiger partial charge in [0.15, 0.2) is 0 Å². The minimum atomic E-state index is -3.75. The Kier molecular flexibility index (Phi) is 4.18. The fourth-order valence-electron chi connectivity index (χ4n) is 3.57. The van der Waals surface area contributed by atoms with Crippen LogP contribution >= 0.6 is 11.3 Å². The van der Waals surface area contributed by atoms with Crippen LogP contribution in [0, 0.1) is 0 Å². The summed E-state index contributed by atoms with van der Waals surface area (Å²) in [6.07, 6.45) is 1.65. The van der Waals surface area contributed by atoms with Gasteiger partial charge in [0.1, 0.15) is 5.60 Å². The molecule has 4 rings (SSSR count). The maximum atomic E-state index is 12.8. The number of hydrogen-bond acceptors (Lipinski definition) is 5. The molecular formula is C18H20N2O4S2. The lowest BCUT2D eigenvalue weighted by molar-refractivity contribution is -0.118. The highest BCUT2D eigenvalue weighted by Gasteiger charge is 2.33. The molecule has 2 aromatic rings. The van der Waals surface area contributed by atoms with Crippen LogP contribution in [0.3, 0.4) is 0 Å². The molecule has 1 atom stereocenters. The molecule has 1 aromatic heterocycles. The van der Waals surface area contributed by atoms with Crippen molar-refractivity contribution in [2.45, 2.75) is 36.7 Å². The molecule has 2 aliphatic heterocycles. The van der Waals surface area contributed by atoms with Crippen molar-refractivity contribution >= 4 is 33.0 Å². The highest BCUT2D eigenvalue weighted by molar-refractivity contribution is 7.89. The van der Waals surface area contributed by atoms with Crippen LogP contribution in [0.2, 0.25) is 0 Å². The Hall–Kier alpha value is -1.74. The molecule has 6 nitrogen and oxygen atoms in total. The van der Waals surface area contributed by atoms with Crippen molar-refractivity contribution in [2.24, 2.45) is 0 Å². The Morgan fingerprint density at radius 2 is 2.00 bits per heavy atom. The Morgan fingerprint density at radius 3 is 2.69 bits per heavy atom. The average molecular weight is 393 g/mol. The number of hydrogen-bond donors (Lipinski definition) is 2. The number of carbonyl (C=O) groups excluding carboxylic acids is 1. The van der Waals surface area contributed by atoms with Crippen molar-refractivity contribution in [1.82, 2.24) is 4.72 Å². The molecule has 3 heterocycles. The van der Waals surface area contributed by atoms with Gasteiger partial charge in [0.25, 0.3) is 0 Å². The van der Waals surface area contributed by atoms with Crippen LogP contribution in [0.25, 0.3) is 0 Å². The SMILES string of the molecule is CC(O)(CNS(=O)(=O)c1cc2c3c(c1)CCN3C(=O)CC2)c1cccs1. The Labute approximate surface area is 156 Å². The summed E-state index contributed by atoms with van der Waals surface area (Å²) >= 11 is 1.38. The summed E-state index contributed by atoms with van der Waals surface area (Å²) < 4.78 is 28.1. The zero-order chi connectivity index (χ0) is 18.5. The third-order valence-electron chi connectivity index (χ3n) is 4.99. The standard InChI is InChI=1S/C18H20N2O4S2/c1-18(22,15-3-2-8-25-15)11-19-26(23,24)14-9-12-4-5-16(21)20-7-6-13(10-14)17(12)20/h2-3,8-10,19,22H,4-7,11H2,1H3. The largest absolute Gasteiger partial charge is 0.383 e. The smallest absolute Gasteiger partial charge is 0.240 e. The van der Waals surface area contributed by atoms with Crippen molar-refractivity contribution in [3.05, 3.63) is 45.6 Å². The second-order valence-electron chi connectivity index (χ2n) is 6.96. The number of anilines is 1. The van der Waals surface area contributed by atoms with Gasteiger partial charge < -0.3 is 10.0 Å². The maximum Gasteiger partial charge on any atom is 0.240 e. The van der Waals surface area contributed by atoms with Gasteiger partial charge in [0, 0.05) is 24.4 Å². The van der Waals surface area contributed by atoms with E-state index < -0.39 is 15.6 Å². The monoisotopic (exact) mass is 392 g/mol. The minimum Gasteiger partial charge on any atom is -0.383 e. The summed E-state index contributed by atoms with van der Waals surface area (Å²) in [6.45, 7) is 2.11. The molecular weight excluding hydrogens is 372 g/mol. The highest BCUT2D eigenvalue weighted by Crippen LogP contribution is 2.38. The normalized spacial score (nSPS) is 18.7. The highest BCUT2D eigenvalue weighted by atomic mass is 32.2.